The van der Waals surface area contributed by atoms with Gasteiger partial charge >= 0.3 is 39.4 Å². The number of ether oxygens (including phenoxy) is 6. The molecule has 2 fully saturated rings. The third-order valence-corrected chi connectivity index (χ3v) is 11.5. The largest absolute Gasteiger partial charge is 0.472 e. The molecule has 0 radical (unpaired) electrons. The van der Waals surface area contributed by atoms with Gasteiger partial charge < -0.3 is 48.0 Å². The molecule has 13 atom stereocenters. The number of esters is 4. The lowest BCUT2D eigenvalue weighted by atomic mass is 9.82. The smallest absolute Gasteiger partial charge is 0.463 e. The van der Waals surface area contributed by atoms with E-state index < -0.39 is 133 Å². The number of carbonyl (C=O) groups excluding carboxylic acids is 4. The van der Waals surface area contributed by atoms with E-state index in [1.807, 2.05) is 22.6 Å². The van der Waals surface area contributed by atoms with Crippen molar-refractivity contribution in [2.75, 3.05) is 44.9 Å². The van der Waals surface area contributed by atoms with Gasteiger partial charge in [-0.1, -0.05) is 71.1 Å². The second kappa shape index (κ2) is 59.1. The van der Waals surface area contributed by atoms with Gasteiger partial charge in [0.05, 0.1) is 20.7 Å². The Kier molecular flexibility index (Phi) is 82.9. The van der Waals surface area contributed by atoms with Gasteiger partial charge in [0.25, 0.3) is 0 Å². The summed E-state index contributed by atoms with van der Waals surface area (Å²) in [5, 5.41) is 0. The molecule has 2 saturated heterocycles. The van der Waals surface area contributed by atoms with Gasteiger partial charge in [-0.05, 0) is 36.4 Å². The van der Waals surface area contributed by atoms with E-state index in [1.165, 1.54) is 39.0 Å². The van der Waals surface area contributed by atoms with Gasteiger partial charge in [-0.15, -0.1) is 0 Å². The number of hydrogen-bond donors (Lipinski definition) is 3. The van der Waals surface area contributed by atoms with Crippen molar-refractivity contribution in [3.63, 3.8) is 0 Å². The van der Waals surface area contributed by atoms with Gasteiger partial charge in [0, 0.05) is 53.3 Å². The van der Waals surface area contributed by atoms with Crippen molar-refractivity contribution in [2.45, 2.75) is 126 Å². The molecule has 3 heterocycles. The average molecular weight is 1480 g/mol. The molecule has 3 N–H and O–H groups in total. The number of aromatic nitrogens is 2. The fourth-order valence-electron chi connectivity index (χ4n) is 6.09. The van der Waals surface area contributed by atoms with Crippen LogP contribution < -0.4 is 0 Å². The molecule has 466 valence electrons. The third kappa shape index (κ3) is 44.2. The summed E-state index contributed by atoms with van der Waals surface area (Å²) in [5.41, 5.74) is 0. The molecule has 2 aliphatic rings. The maximum atomic E-state index is 14.6. The number of nitrogens with zero attached hydrogens (tertiary/aromatic N) is 3. The number of hydrogen-bond acceptors (Lipinski definition) is 16. The summed E-state index contributed by atoms with van der Waals surface area (Å²) in [7, 11) is -10.4. The van der Waals surface area contributed by atoms with Crippen LogP contribution in [0.5, 0.6) is 0 Å². The van der Waals surface area contributed by atoms with Crippen LogP contribution in [-0.2, 0) is 65.8 Å². The summed E-state index contributed by atoms with van der Waals surface area (Å²) in [4.78, 5) is 79.1. The highest BCUT2D eigenvalue weighted by molar-refractivity contribution is 14.1. The first kappa shape index (κ1) is 105. The van der Waals surface area contributed by atoms with Crippen LogP contribution in [0, 0.1) is 23.7 Å². The molecule has 3 rings (SSSR count). The molecule has 0 saturated carbocycles. The molecule has 2 aliphatic heterocycles. The lowest BCUT2D eigenvalue weighted by molar-refractivity contribution is -0.263. The van der Waals surface area contributed by atoms with Crippen molar-refractivity contribution in [1.82, 2.24) is 14.2 Å². The normalized spacial score (nSPS) is 23.2. The van der Waals surface area contributed by atoms with Crippen LogP contribution in [0.3, 0.4) is 0 Å². The maximum absolute atomic E-state index is 14.6. The van der Waals surface area contributed by atoms with Crippen LogP contribution in [0.4, 0.5) is 13.2 Å². The fraction of sp³-hybridized carbons (Fsp3) is 0.811. The number of imidazole rings is 1. The van der Waals surface area contributed by atoms with Crippen molar-refractivity contribution in [3.8, 4) is 0 Å². The minimum atomic E-state index is -4.97. The van der Waals surface area contributed by atoms with Gasteiger partial charge in [0.15, 0.2) is 24.6 Å². The average Bonchev–Trinajstić information content (AvgIpc) is 3.76. The van der Waals surface area contributed by atoms with E-state index in [0.717, 1.165) is 31.4 Å². The van der Waals surface area contributed by atoms with E-state index in [0.29, 0.717) is 4.91 Å². The van der Waals surface area contributed by atoms with Crippen molar-refractivity contribution >= 4 is 224 Å². The predicted octanol–water partition coefficient (Wildman–Crippen LogP) is 6.94. The highest BCUT2D eigenvalue weighted by Crippen LogP contribution is 2.48. The fourth-order valence-corrected chi connectivity index (χ4v) is 7.50. The van der Waals surface area contributed by atoms with Crippen molar-refractivity contribution in [1.29, 1.82) is 0 Å². The molecule has 0 bridgehead atoms. The van der Waals surface area contributed by atoms with Crippen molar-refractivity contribution in [3.05, 3.63) is 18.7 Å². The molecule has 1 aromatic rings. The second-order valence-electron chi connectivity index (χ2n) is 13.9. The first-order valence-electron chi connectivity index (χ1n) is 20.9. The highest BCUT2D eigenvalue weighted by Gasteiger charge is 2.51. The number of carbonyl (C=O) groups is 4. The molecular formula is C37H91F3IN3O17P2S12. The minimum Gasteiger partial charge on any atom is -0.463 e. The molecule has 0 aromatic carbocycles. The Balaban J connectivity index is -0.0000000622. The Morgan fingerprint density at radius 1 is 0.667 bits per heavy atom. The quantitative estimate of drug-likeness (QED) is 0.0498. The van der Waals surface area contributed by atoms with Crippen LogP contribution >= 0.6 is 200 Å². The van der Waals surface area contributed by atoms with Gasteiger partial charge in [-0.2, -0.15) is 162 Å². The first-order chi connectivity index (χ1) is 30.1. The summed E-state index contributed by atoms with van der Waals surface area (Å²) >= 11 is 1.96. The Hall–Kier alpha value is 1.95. The molecule has 1 aromatic heterocycles. The van der Waals surface area contributed by atoms with Crippen LogP contribution in [-0.4, -0.2) is 147 Å². The summed E-state index contributed by atoms with van der Waals surface area (Å²) in [5.74, 6) is -4.65. The van der Waals surface area contributed by atoms with Crippen molar-refractivity contribution < 1.29 is 96.4 Å². The monoisotopic (exact) mass is 1480 g/mol. The SMILES string of the molecule is CC(=O)OC[C@H](F)C1O[C@@H](OP(=O)(O)O)[C@H](OC(C)=O)C(C)[C@@H]1C.CC(=O)OC[C@H](F)C1O[C@@H](OP(=O)(O)n2ccnc2)[C@H](OC(C)=O)C(C)[C@@H]1C.CCN(CC)CC.S.S.S.S.S.S.S.S.S.S.S.S.[2H]CF.[2H]CI. The van der Waals surface area contributed by atoms with E-state index in [9.17, 15) is 46.4 Å². The van der Waals surface area contributed by atoms with Crippen LogP contribution in [0.2, 0.25) is 0 Å². The highest BCUT2D eigenvalue weighted by atomic mass is 127. The number of rotatable bonds is 16. The zero-order valence-corrected chi connectivity index (χ0v) is 59.4. The summed E-state index contributed by atoms with van der Waals surface area (Å²) in [6.07, 6.45) is -7.51. The maximum Gasteiger partial charge on any atom is 0.472 e. The molecule has 0 amide bonds. The molecule has 5 unspecified atom stereocenters. The predicted molar refractivity (Wildman–Crippen MR) is 355 cm³/mol. The number of alkyl halides is 4. The number of phosphoric ester groups is 1. The minimum absolute atomic E-state index is 0. The van der Waals surface area contributed by atoms with E-state index >= 15 is 0 Å². The summed E-state index contributed by atoms with van der Waals surface area (Å²) in [6, 6.07) is 0. The Bertz CT molecular complexity index is 1650. The van der Waals surface area contributed by atoms with Crippen molar-refractivity contribution in [2.24, 2.45) is 23.7 Å². The topological polar surface area (TPSA) is 258 Å². The van der Waals surface area contributed by atoms with E-state index in [2.05, 4.69) is 39.9 Å². The molecule has 20 nitrogen and oxygen atoms in total. The molecule has 0 spiro atoms. The Labute approximate surface area is 542 Å². The van der Waals surface area contributed by atoms with Crippen LogP contribution in [0.1, 0.15) is 78.9 Å². The van der Waals surface area contributed by atoms with Crippen LogP contribution in [0.15, 0.2) is 18.7 Å². The standard InChI is InChI=1S/C16H24FN2O8P.C13H22FO9P.C6H15N.CH3F.CH3I.12H2S/c1-9-10(2)15(25-12(4)21)16(26-14(9)13(17)7-24-11(3)20)27-28(22,23)19-6-5-18-8-19;1-6-7(2)12(21-9(4)16)13(23-24(17,18)19)22-11(6)10(14)5-20-8(3)15;1-4-7(5-2)6-3;2*1-2;;;;;;;;;;;;/h5-6,8-10,13-16H,7H2,1-4H3,(H,22,23);6-7,10-13H,5H2,1-4H3,(H2,17,18,19);4-6H2,1-3H3;2*1H3;12*1H2/t9-,10?,13-,14?,15+,16-;6-,7?,10-,11?,12+,13-;;;;;;;;;;;;;;;/m00.............../s1/i;;;2*1D;;;;;;;;;;;;. The summed E-state index contributed by atoms with van der Waals surface area (Å²) in [6.45, 7) is 20.2. The number of phosphoric acid groups is 1. The first-order valence-corrected chi connectivity index (χ1v) is 24.1. The lowest BCUT2D eigenvalue weighted by Gasteiger charge is -2.44. The zero-order valence-electron chi connectivity index (χ0n) is 45.4. The lowest BCUT2D eigenvalue weighted by Crippen LogP contribution is -2.55. The Morgan fingerprint density at radius 2 is 0.973 bits per heavy atom. The van der Waals surface area contributed by atoms with E-state index in [4.69, 9.17) is 40.7 Å². The molecule has 75 heavy (non-hydrogen) atoms. The van der Waals surface area contributed by atoms with Gasteiger partial charge in [-0.25, -0.2) is 27.2 Å². The third-order valence-electron chi connectivity index (χ3n) is 9.67. The van der Waals surface area contributed by atoms with E-state index in [1.54, 1.807) is 27.7 Å². The van der Waals surface area contributed by atoms with Gasteiger partial charge in [0.1, 0.15) is 19.5 Å². The zero-order chi connectivity index (χ0) is 50.8. The molecule has 38 heteroatoms. The van der Waals surface area contributed by atoms with Gasteiger partial charge in [0.2, 0.25) is 12.6 Å². The second-order valence-corrected chi connectivity index (χ2v) is 16.8. The summed E-state index contributed by atoms with van der Waals surface area (Å²) < 4.78 is 115. The van der Waals surface area contributed by atoms with Gasteiger partial charge in [-0.3, -0.25) is 32.6 Å². The molecular weight excluding hydrogens is 1390 g/mol. The number of halogens is 4. The van der Waals surface area contributed by atoms with Crippen LogP contribution in [0.25, 0.3) is 0 Å². The Morgan fingerprint density at radius 3 is 1.20 bits per heavy atom. The molecule has 0 aliphatic carbocycles. The van der Waals surface area contributed by atoms with E-state index in [-0.39, 0.29) is 162 Å².